The minimum Gasteiger partial charge on any atom is -0.339 e. The minimum absolute atomic E-state index is 0.109. The third kappa shape index (κ3) is 4.23. The number of carbonyl (C=O) groups is 1. The van der Waals surface area contributed by atoms with Gasteiger partial charge in [0.15, 0.2) is 0 Å². The van der Waals surface area contributed by atoms with E-state index in [9.17, 15) is 9.18 Å². The van der Waals surface area contributed by atoms with Crippen LogP contribution in [-0.4, -0.2) is 48.9 Å². The summed E-state index contributed by atoms with van der Waals surface area (Å²) in [4.78, 5) is 15.0. The molecular weight excluding hydrogens is 353 g/mol. The van der Waals surface area contributed by atoms with Crippen LogP contribution in [-0.2, 0) is 4.79 Å². The molecule has 1 aromatic heterocycles. The second-order valence-electron chi connectivity index (χ2n) is 6.53. The third-order valence-corrected chi connectivity index (χ3v) is 5.78. The van der Waals surface area contributed by atoms with Crippen LogP contribution in [0.5, 0.6) is 0 Å². The number of nitrogens with zero attached hydrogens (tertiary/aromatic N) is 5. The lowest BCUT2D eigenvalue weighted by atomic mass is 9.94. The highest BCUT2D eigenvalue weighted by molar-refractivity contribution is 8.00. The highest BCUT2D eigenvalue weighted by atomic mass is 32.2. The largest absolute Gasteiger partial charge is 0.339 e. The molecule has 140 valence electrons. The van der Waals surface area contributed by atoms with Crippen LogP contribution in [0.2, 0.25) is 0 Å². The highest BCUT2D eigenvalue weighted by Gasteiger charge is 2.29. The van der Waals surface area contributed by atoms with Gasteiger partial charge in [-0.2, -0.15) is 4.68 Å². The normalized spacial score (nSPS) is 16.4. The van der Waals surface area contributed by atoms with Gasteiger partial charge in [-0.05, 0) is 55.3 Å². The molecule has 0 N–H and O–H groups in total. The third-order valence-electron chi connectivity index (χ3n) is 4.76. The summed E-state index contributed by atoms with van der Waals surface area (Å²) in [6.45, 7) is 4.62. The van der Waals surface area contributed by atoms with Crippen molar-refractivity contribution in [3.8, 4) is 5.69 Å². The van der Waals surface area contributed by atoms with E-state index in [4.69, 9.17) is 0 Å². The predicted molar refractivity (Wildman–Crippen MR) is 98.7 cm³/mol. The second kappa shape index (κ2) is 8.62. The van der Waals surface area contributed by atoms with Gasteiger partial charge < -0.3 is 4.90 Å². The van der Waals surface area contributed by atoms with E-state index >= 15 is 0 Å². The fourth-order valence-electron chi connectivity index (χ4n) is 3.45. The van der Waals surface area contributed by atoms with Crippen LogP contribution in [0.3, 0.4) is 0 Å². The maximum atomic E-state index is 13.5. The Hall–Kier alpha value is -1.96. The van der Waals surface area contributed by atoms with Gasteiger partial charge in [0.05, 0.1) is 10.9 Å². The highest BCUT2D eigenvalue weighted by Crippen LogP contribution is 2.28. The first-order valence-electron chi connectivity index (χ1n) is 9.11. The average Bonchev–Trinajstić information content (AvgIpc) is 3.11. The van der Waals surface area contributed by atoms with Gasteiger partial charge in [-0.15, -0.1) is 5.10 Å². The van der Waals surface area contributed by atoms with Crippen LogP contribution in [0, 0.1) is 5.82 Å². The molecule has 26 heavy (non-hydrogen) atoms. The molecule has 1 aliphatic rings. The second-order valence-corrected chi connectivity index (χ2v) is 7.84. The van der Waals surface area contributed by atoms with Crippen LogP contribution in [0.15, 0.2) is 29.4 Å². The molecule has 0 spiro atoms. The summed E-state index contributed by atoms with van der Waals surface area (Å²) in [5.41, 5.74) is 0.539. The van der Waals surface area contributed by atoms with Gasteiger partial charge in [0.1, 0.15) is 5.82 Å². The van der Waals surface area contributed by atoms with Crippen molar-refractivity contribution in [2.24, 2.45) is 0 Å². The Kier molecular flexibility index (Phi) is 6.24. The summed E-state index contributed by atoms with van der Waals surface area (Å²) in [5, 5.41) is 11.8. The first-order chi connectivity index (χ1) is 12.6. The van der Waals surface area contributed by atoms with Crippen molar-refractivity contribution in [1.29, 1.82) is 0 Å². The molecule has 1 aliphatic carbocycles. The van der Waals surface area contributed by atoms with Gasteiger partial charge in [-0.1, -0.05) is 37.1 Å². The van der Waals surface area contributed by atoms with Crippen molar-refractivity contribution >= 4 is 17.7 Å². The van der Waals surface area contributed by atoms with Gasteiger partial charge >= 0.3 is 0 Å². The maximum absolute atomic E-state index is 13.5. The molecule has 1 saturated carbocycles. The lowest BCUT2D eigenvalue weighted by molar-refractivity contribution is -0.133. The number of amides is 1. The Bertz CT molecular complexity index is 747. The first kappa shape index (κ1) is 18.8. The minimum atomic E-state index is -0.354. The molecule has 1 atom stereocenters. The zero-order chi connectivity index (χ0) is 18.5. The van der Waals surface area contributed by atoms with Gasteiger partial charge in [0.25, 0.3) is 0 Å². The fourth-order valence-corrected chi connectivity index (χ4v) is 4.33. The van der Waals surface area contributed by atoms with E-state index in [1.807, 2.05) is 18.7 Å². The Morgan fingerprint density at radius 1 is 1.38 bits per heavy atom. The average molecular weight is 377 g/mol. The topological polar surface area (TPSA) is 63.9 Å². The SMILES string of the molecule is CCN(C(=O)C(C)Sc1nnnn1-c1cccc(F)c1)C1CCCCC1. The number of halogens is 1. The molecule has 2 aromatic rings. The summed E-state index contributed by atoms with van der Waals surface area (Å²) >= 11 is 1.31. The van der Waals surface area contributed by atoms with Crippen LogP contribution < -0.4 is 0 Å². The Labute approximate surface area is 157 Å². The Balaban J connectivity index is 1.72. The molecule has 0 aliphatic heterocycles. The molecule has 8 heteroatoms. The van der Waals surface area contributed by atoms with Crippen LogP contribution in [0.25, 0.3) is 5.69 Å². The van der Waals surface area contributed by atoms with Crippen molar-refractivity contribution in [2.45, 2.75) is 62.4 Å². The number of thioether (sulfide) groups is 1. The summed E-state index contributed by atoms with van der Waals surface area (Å²) < 4.78 is 15.0. The molecule has 3 rings (SSSR count). The molecule has 1 amide bonds. The molecular formula is C18H24FN5OS. The molecule has 1 heterocycles. The maximum Gasteiger partial charge on any atom is 0.236 e. The zero-order valence-corrected chi connectivity index (χ0v) is 16.0. The van der Waals surface area contributed by atoms with E-state index in [1.54, 1.807) is 12.1 Å². The van der Waals surface area contributed by atoms with Crippen LogP contribution >= 0.6 is 11.8 Å². The molecule has 0 radical (unpaired) electrons. The number of carbonyl (C=O) groups excluding carboxylic acids is 1. The zero-order valence-electron chi connectivity index (χ0n) is 15.1. The number of rotatable bonds is 6. The number of benzene rings is 1. The first-order valence-corrected chi connectivity index (χ1v) is 9.99. The van der Waals surface area contributed by atoms with E-state index in [2.05, 4.69) is 15.5 Å². The number of aromatic nitrogens is 4. The van der Waals surface area contributed by atoms with Crippen molar-refractivity contribution in [1.82, 2.24) is 25.1 Å². The predicted octanol–water partition coefficient (Wildman–Crippen LogP) is 3.46. The van der Waals surface area contributed by atoms with Gasteiger partial charge in [-0.3, -0.25) is 4.79 Å². The summed E-state index contributed by atoms with van der Waals surface area (Å²) in [5.74, 6) is -0.245. The van der Waals surface area contributed by atoms with E-state index in [0.717, 1.165) is 12.8 Å². The molecule has 1 fully saturated rings. The fraction of sp³-hybridized carbons (Fsp3) is 0.556. The number of tetrazole rings is 1. The van der Waals surface area contributed by atoms with E-state index < -0.39 is 0 Å². The van der Waals surface area contributed by atoms with Gasteiger partial charge in [0, 0.05) is 12.6 Å². The van der Waals surface area contributed by atoms with E-state index in [0.29, 0.717) is 23.4 Å². The lowest BCUT2D eigenvalue weighted by Gasteiger charge is -2.35. The smallest absolute Gasteiger partial charge is 0.236 e. The Morgan fingerprint density at radius 2 is 2.15 bits per heavy atom. The van der Waals surface area contributed by atoms with Gasteiger partial charge in [0.2, 0.25) is 11.1 Å². The van der Waals surface area contributed by atoms with E-state index in [-0.39, 0.29) is 17.0 Å². The van der Waals surface area contributed by atoms with Crippen molar-refractivity contribution < 1.29 is 9.18 Å². The van der Waals surface area contributed by atoms with Crippen LogP contribution in [0.4, 0.5) is 4.39 Å². The molecule has 1 unspecified atom stereocenters. The van der Waals surface area contributed by atoms with Crippen molar-refractivity contribution in [2.75, 3.05) is 6.54 Å². The standard InChI is InChI=1S/C18H24FN5OS/c1-3-23(15-9-5-4-6-10-15)17(25)13(2)26-18-20-21-22-24(18)16-11-7-8-14(19)12-16/h7-8,11-13,15H,3-6,9-10H2,1-2H3. The summed E-state index contributed by atoms with van der Waals surface area (Å²) in [6.07, 6.45) is 5.80. The molecule has 1 aromatic carbocycles. The molecule has 0 saturated heterocycles. The number of hydrogen-bond acceptors (Lipinski definition) is 5. The van der Waals surface area contributed by atoms with Crippen molar-refractivity contribution in [3.05, 3.63) is 30.1 Å². The summed E-state index contributed by atoms with van der Waals surface area (Å²) in [6, 6.07) is 6.42. The lowest BCUT2D eigenvalue weighted by Crippen LogP contribution is -2.44. The molecule has 6 nitrogen and oxygen atoms in total. The number of hydrogen-bond donors (Lipinski definition) is 0. The Morgan fingerprint density at radius 3 is 2.85 bits per heavy atom. The monoisotopic (exact) mass is 377 g/mol. The van der Waals surface area contributed by atoms with Crippen molar-refractivity contribution in [3.63, 3.8) is 0 Å². The quantitative estimate of drug-likeness (QED) is 0.722. The summed E-state index contributed by atoms with van der Waals surface area (Å²) in [7, 11) is 0. The molecule has 0 bridgehead atoms. The van der Waals surface area contributed by atoms with Crippen LogP contribution in [0.1, 0.15) is 46.0 Å². The van der Waals surface area contributed by atoms with Gasteiger partial charge in [-0.25, -0.2) is 4.39 Å². The van der Waals surface area contributed by atoms with E-state index in [1.165, 1.54) is 47.8 Å².